The molecule has 1 N–H and O–H groups in total. The highest BCUT2D eigenvalue weighted by Gasteiger charge is 2.09. The highest BCUT2D eigenvalue weighted by Crippen LogP contribution is 2.10. The first kappa shape index (κ1) is 11.8. The Balaban J connectivity index is 1.93. The second-order valence-electron chi connectivity index (χ2n) is 3.65. The first-order valence-corrected chi connectivity index (χ1v) is 6.44. The molecule has 0 bridgehead atoms. The average Bonchev–Trinajstić information content (AvgIpc) is 2.86. The normalized spacial score (nSPS) is 10.2. The summed E-state index contributed by atoms with van der Waals surface area (Å²) in [7, 11) is 0. The van der Waals surface area contributed by atoms with E-state index in [4.69, 9.17) is 0 Å². The molecule has 1 aromatic carbocycles. The lowest BCUT2D eigenvalue weighted by atomic mass is 10.2. The number of aryl methyl sites for hydroxylation is 1. The van der Waals surface area contributed by atoms with Gasteiger partial charge in [-0.25, -0.2) is 4.98 Å². The number of nitrogens with one attached hydrogen (secondary N) is 1. The van der Waals surface area contributed by atoms with E-state index in [1.165, 1.54) is 11.3 Å². The largest absolute Gasteiger partial charge is 0.347 e. The summed E-state index contributed by atoms with van der Waals surface area (Å²) in [5, 5.41) is 5.66. The molecular weight excluding hydrogens is 232 g/mol. The van der Waals surface area contributed by atoms with Gasteiger partial charge in [-0.1, -0.05) is 37.3 Å². The fourth-order valence-electron chi connectivity index (χ4n) is 1.45. The number of benzene rings is 1. The summed E-state index contributed by atoms with van der Waals surface area (Å²) in [6.45, 7) is 2.57. The van der Waals surface area contributed by atoms with Crippen LogP contribution >= 0.6 is 11.3 Å². The summed E-state index contributed by atoms with van der Waals surface area (Å²) >= 11 is 1.53. The maximum atomic E-state index is 11.8. The number of hydrogen-bond acceptors (Lipinski definition) is 3. The molecule has 1 heterocycles. The van der Waals surface area contributed by atoms with E-state index < -0.39 is 0 Å². The first-order chi connectivity index (χ1) is 8.29. The molecule has 3 nitrogen and oxygen atoms in total. The SMILES string of the molecule is CCc1nc(C(=O)NCc2ccccc2)cs1. The number of nitrogens with zero attached hydrogens (tertiary/aromatic N) is 1. The van der Waals surface area contributed by atoms with Crippen LogP contribution in [0.4, 0.5) is 0 Å². The van der Waals surface area contributed by atoms with Crippen molar-refractivity contribution >= 4 is 17.2 Å². The van der Waals surface area contributed by atoms with Gasteiger partial charge in [0.2, 0.25) is 0 Å². The zero-order valence-corrected chi connectivity index (χ0v) is 10.5. The van der Waals surface area contributed by atoms with Crippen LogP contribution in [0.2, 0.25) is 0 Å². The van der Waals surface area contributed by atoms with E-state index in [1.807, 2.05) is 37.3 Å². The second kappa shape index (κ2) is 5.59. The van der Waals surface area contributed by atoms with Gasteiger partial charge in [0.1, 0.15) is 5.69 Å². The number of rotatable bonds is 4. The van der Waals surface area contributed by atoms with Crippen molar-refractivity contribution < 1.29 is 4.79 Å². The molecule has 4 heteroatoms. The van der Waals surface area contributed by atoms with Crippen molar-refractivity contribution in [3.63, 3.8) is 0 Å². The Morgan fingerprint density at radius 3 is 2.76 bits per heavy atom. The Morgan fingerprint density at radius 2 is 2.12 bits per heavy atom. The lowest BCUT2D eigenvalue weighted by Crippen LogP contribution is -2.23. The zero-order chi connectivity index (χ0) is 12.1. The number of thiazole rings is 1. The molecule has 2 rings (SSSR count). The van der Waals surface area contributed by atoms with Gasteiger partial charge in [-0.05, 0) is 12.0 Å². The Bertz CT molecular complexity index is 493. The molecule has 2 aromatic rings. The van der Waals surface area contributed by atoms with E-state index in [2.05, 4.69) is 10.3 Å². The maximum Gasteiger partial charge on any atom is 0.271 e. The number of aromatic nitrogens is 1. The molecule has 0 spiro atoms. The van der Waals surface area contributed by atoms with Crippen molar-refractivity contribution in [1.82, 2.24) is 10.3 Å². The van der Waals surface area contributed by atoms with Crippen LogP contribution in [0.25, 0.3) is 0 Å². The Labute approximate surface area is 105 Å². The summed E-state index contributed by atoms with van der Waals surface area (Å²) in [6.07, 6.45) is 0.872. The highest BCUT2D eigenvalue weighted by atomic mass is 32.1. The summed E-state index contributed by atoms with van der Waals surface area (Å²) in [5.74, 6) is -0.107. The third-order valence-electron chi connectivity index (χ3n) is 2.38. The molecule has 0 saturated carbocycles. The van der Waals surface area contributed by atoms with Crippen LogP contribution in [-0.2, 0) is 13.0 Å². The number of hydrogen-bond donors (Lipinski definition) is 1. The predicted molar refractivity (Wildman–Crippen MR) is 69.1 cm³/mol. The number of carbonyl (C=O) groups excluding carboxylic acids is 1. The fourth-order valence-corrected chi connectivity index (χ4v) is 2.17. The van der Waals surface area contributed by atoms with Crippen LogP contribution in [0.5, 0.6) is 0 Å². The second-order valence-corrected chi connectivity index (χ2v) is 4.59. The molecule has 0 unspecified atom stereocenters. The van der Waals surface area contributed by atoms with Crippen LogP contribution in [0.3, 0.4) is 0 Å². The zero-order valence-electron chi connectivity index (χ0n) is 9.64. The number of carbonyl (C=O) groups is 1. The Morgan fingerprint density at radius 1 is 1.35 bits per heavy atom. The van der Waals surface area contributed by atoms with Gasteiger partial charge in [0.05, 0.1) is 5.01 Å². The summed E-state index contributed by atoms with van der Waals surface area (Å²) in [6, 6.07) is 9.84. The molecule has 1 aromatic heterocycles. The van der Waals surface area contributed by atoms with Gasteiger partial charge in [0, 0.05) is 11.9 Å². The van der Waals surface area contributed by atoms with E-state index in [1.54, 1.807) is 5.38 Å². The minimum absolute atomic E-state index is 0.107. The molecule has 0 radical (unpaired) electrons. The average molecular weight is 246 g/mol. The van der Waals surface area contributed by atoms with E-state index in [-0.39, 0.29) is 5.91 Å². The smallest absolute Gasteiger partial charge is 0.271 e. The fraction of sp³-hybridized carbons (Fsp3) is 0.231. The minimum Gasteiger partial charge on any atom is -0.347 e. The van der Waals surface area contributed by atoms with Gasteiger partial charge < -0.3 is 5.32 Å². The molecule has 88 valence electrons. The van der Waals surface area contributed by atoms with Gasteiger partial charge in [0.15, 0.2) is 0 Å². The van der Waals surface area contributed by atoms with E-state index in [9.17, 15) is 4.79 Å². The first-order valence-electron chi connectivity index (χ1n) is 5.56. The van der Waals surface area contributed by atoms with E-state index in [0.29, 0.717) is 12.2 Å². The van der Waals surface area contributed by atoms with Crippen molar-refractivity contribution in [2.45, 2.75) is 19.9 Å². The maximum absolute atomic E-state index is 11.8. The molecule has 0 atom stereocenters. The van der Waals surface area contributed by atoms with Gasteiger partial charge in [-0.2, -0.15) is 0 Å². The monoisotopic (exact) mass is 246 g/mol. The van der Waals surface area contributed by atoms with Gasteiger partial charge in [0.25, 0.3) is 5.91 Å². The number of amides is 1. The van der Waals surface area contributed by atoms with Crippen molar-refractivity contribution in [2.75, 3.05) is 0 Å². The summed E-state index contributed by atoms with van der Waals surface area (Å²) in [5.41, 5.74) is 1.61. The molecule has 1 amide bonds. The van der Waals surface area contributed by atoms with Crippen LogP contribution < -0.4 is 5.32 Å². The van der Waals surface area contributed by atoms with Crippen LogP contribution in [0.15, 0.2) is 35.7 Å². The summed E-state index contributed by atoms with van der Waals surface area (Å²) < 4.78 is 0. The van der Waals surface area contributed by atoms with Crippen LogP contribution in [0.1, 0.15) is 28.0 Å². The molecule has 0 aliphatic rings. The van der Waals surface area contributed by atoms with E-state index in [0.717, 1.165) is 17.0 Å². The molecule has 0 aliphatic heterocycles. The van der Waals surface area contributed by atoms with Crippen LogP contribution in [0, 0.1) is 0 Å². The van der Waals surface area contributed by atoms with Crippen molar-refractivity contribution in [2.24, 2.45) is 0 Å². The van der Waals surface area contributed by atoms with E-state index >= 15 is 0 Å². The Kier molecular flexibility index (Phi) is 3.88. The third-order valence-corrected chi connectivity index (χ3v) is 3.38. The summed E-state index contributed by atoms with van der Waals surface area (Å²) in [4.78, 5) is 16.0. The standard InChI is InChI=1S/C13H14N2OS/c1-2-12-15-11(9-17-12)13(16)14-8-10-6-4-3-5-7-10/h3-7,9H,2,8H2,1H3,(H,14,16). The van der Waals surface area contributed by atoms with Gasteiger partial charge in [-0.3, -0.25) is 4.79 Å². The molecule has 0 saturated heterocycles. The van der Waals surface area contributed by atoms with Crippen molar-refractivity contribution in [1.29, 1.82) is 0 Å². The minimum atomic E-state index is -0.107. The molecular formula is C13H14N2OS. The highest BCUT2D eigenvalue weighted by molar-refractivity contribution is 7.09. The quantitative estimate of drug-likeness (QED) is 0.901. The van der Waals surface area contributed by atoms with Crippen LogP contribution in [-0.4, -0.2) is 10.9 Å². The van der Waals surface area contributed by atoms with Crippen molar-refractivity contribution in [3.8, 4) is 0 Å². The Hall–Kier alpha value is -1.68. The molecule has 0 fully saturated rings. The predicted octanol–water partition coefficient (Wildman–Crippen LogP) is 2.64. The van der Waals surface area contributed by atoms with Crippen molar-refractivity contribution in [3.05, 3.63) is 52.0 Å². The lowest BCUT2D eigenvalue weighted by molar-refractivity contribution is 0.0946. The lowest BCUT2D eigenvalue weighted by Gasteiger charge is -2.02. The van der Waals surface area contributed by atoms with Gasteiger partial charge in [-0.15, -0.1) is 11.3 Å². The third kappa shape index (κ3) is 3.14. The molecule has 17 heavy (non-hydrogen) atoms. The topological polar surface area (TPSA) is 42.0 Å². The molecule has 0 aliphatic carbocycles. The van der Waals surface area contributed by atoms with Gasteiger partial charge >= 0.3 is 0 Å².